The normalized spacial score (nSPS) is 13.6. The Morgan fingerprint density at radius 3 is 2.61 bits per heavy atom. The van der Waals surface area contributed by atoms with Gasteiger partial charge in [-0.05, 0) is 36.1 Å². The molecule has 4 aromatic rings. The van der Waals surface area contributed by atoms with Gasteiger partial charge in [-0.15, -0.1) is 22.7 Å². The predicted octanol–water partition coefficient (Wildman–Crippen LogP) is 4.30. The fourth-order valence-electron chi connectivity index (χ4n) is 3.95. The Morgan fingerprint density at radius 1 is 1.11 bits per heavy atom. The number of fused-ring (bicyclic) bond motifs is 1. The van der Waals surface area contributed by atoms with Crippen molar-refractivity contribution in [2.24, 2.45) is 5.92 Å². The van der Waals surface area contributed by atoms with Crippen LogP contribution in [-0.4, -0.2) is 59.1 Å². The Hall–Kier alpha value is -2.90. The molecule has 0 saturated carbocycles. The van der Waals surface area contributed by atoms with Crippen LogP contribution in [0.5, 0.6) is 0 Å². The average molecular weight is 575 g/mol. The maximum atomic E-state index is 13.7. The number of aromatic nitrogens is 2. The fraction of sp³-hybridized carbons (Fsp3) is 0.346. The standard InChI is InChI=1S/C26H30N4O5S3/c1-18(2)13-30(38(33,34)21-8-9-22-25(11-21)37-17-28-22)14-24(31)23(10-19-6-4-3-5-7-19)29-26(32)35-15-20-12-27-16-36-20/h3-9,11-12,16-18,23-24,31H,10,13-15H2,1-2H3,(H,29,32)/t23-,24+/m1/s1. The Morgan fingerprint density at radius 2 is 1.89 bits per heavy atom. The molecule has 0 aliphatic rings. The van der Waals surface area contributed by atoms with Crippen molar-refractivity contribution in [2.45, 2.75) is 43.9 Å². The number of alkyl carbamates (subject to hydrolysis) is 1. The number of ether oxygens (including phenoxy) is 1. The summed E-state index contributed by atoms with van der Waals surface area (Å²) in [6.45, 7) is 3.88. The first-order valence-electron chi connectivity index (χ1n) is 12.1. The van der Waals surface area contributed by atoms with E-state index in [-0.39, 0.29) is 30.5 Å². The van der Waals surface area contributed by atoms with E-state index in [0.29, 0.717) is 6.42 Å². The number of hydrogen-bond acceptors (Lipinski definition) is 9. The first-order valence-corrected chi connectivity index (χ1v) is 15.3. The van der Waals surface area contributed by atoms with Gasteiger partial charge in [-0.25, -0.2) is 18.2 Å². The second-order valence-corrected chi connectivity index (χ2v) is 13.0. The number of rotatable bonds is 12. The number of aliphatic hydroxyl groups is 1. The monoisotopic (exact) mass is 574 g/mol. The van der Waals surface area contributed by atoms with E-state index in [1.54, 1.807) is 29.4 Å². The highest BCUT2D eigenvalue weighted by Crippen LogP contribution is 2.25. The predicted molar refractivity (Wildman–Crippen MR) is 149 cm³/mol. The summed E-state index contributed by atoms with van der Waals surface area (Å²) in [6.07, 6.45) is 0.00568. The third kappa shape index (κ3) is 7.35. The van der Waals surface area contributed by atoms with Gasteiger partial charge in [-0.3, -0.25) is 4.98 Å². The van der Waals surface area contributed by atoms with E-state index in [1.807, 2.05) is 44.2 Å². The Labute approximate surface area is 230 Å². The summed E-state index contributed by atoms with van der Waals surface area (Å²) < 4.78 is 34.7. The molecular weight excluding hydrogens is 545 g/mol. The molecule has 2 heterocycles. The molecule has 12 heteroatoms. The number of carbonyl (C=O) groups is 1. The third-order valence-corrected chi connectivity index (χ3v) is 9.17. The average Bonchev–Trinajstić information content (AvgIpc) is 3.58. The van der Waals surface area contributed by atoms with Gasteiger partial charge in [-0.1, -0.05) is 44.2 Å². The molecule has 2 aromatic carbocycles. The Balaban J connectivity index is 1.54. The molecule has 9 nitrogen and oxygen atoms in total. The number of nitrogens with zero attached hydrogens (tertiary/aromatic N) is 3. The lowest BCUT2D eigenvalue weighted by atomic mass is 10.0. The zero-order valence-electron chi connectivity index (χ0n) is 21.1. The van der Waals surface area contributed by atoms with Crippen LogP contribution in [0.15, 0.2) is 70.6 Å². The maximum absolute atomic E-state index is 13.7. The van der Waals surface area contributed by atoms with Crippen molar-refractivity contribution in [3.8, 4) is 0 Å². The molecule has 4 rings (SSSR count). The SMILES string of the molecule is CC(C)CN(C[C@H](O)[C@@H](Cc1ccccc1)NC(=O)OCc1cncs1)S(=O)(=O)c1ccc2ncsc2c1. The minimum atomic E-state index is -3.93. The fourth-order valence-corrected chi connectivity index (χ4v) is 6.90. The largest absolute Gasteiger partial charge is 0.444 e. The Kier molecular flexibility index (Phi) is 9.44. The number of amides is 1. The number of nitrogens with one attached hydrogen (secondary N) is 1. The zero-order valence-corrected chi connectivity index (χ0v) is 23.5. The molecule has 0 saturated heterocycles. The summed E-state index contributed by atoms with van der Waals surface area (Å²) in [5, 5.41) is 14.1. The van der Waals surface area contributed by atoms with Crippen molar-refractivity contribution in [1.82, 2.24) is 19.6 Å². The summed E-state index contributed by atoms with van der Waals surface area (Å²) in [5.41, 5.74) is 4.93. The summed E-state index contributed by atoms with van der Waals surface area (Å²) >= 11 is 2.73. The zero-order chi connectivity index (χ0) is 27.1. The molecule has 0 unspecified atom stereocenters. The van der Waals surface area contributed by atoms with Crippen molar-refractivity contribution < 1.29 is 23.1 Å². The highest BCUT2D eigenvalue weighted by Gasteiger charge is 2.32. The van der Waals surface area contributed by atoms with Gasteiger partial charge in [0.05, 0.1) is 43.2 Å². The molecule has 1 amide bonds. The van der Waals surface area contributed by atoms with Gasteiger partial charge >= 0.3 is 6.09 Å². The van der Waals surface area contributed by atoms with Crippen LogP contribution in [0.4, 0.5) is 4.79 Å². The van der Waals surface area contributed by atoms with E-state index in [4.69, 9.17) is 4.74 Å². The lowest BCUT2D eigenvalue weighted by molar-refractivity contribution is 0.0876. The molecule has 202 valence electrons. The molecular formula is C26H30N4O5S3. The Bertz CT molecular complexity index is 1430. The van der Waals surface area contributed by atoms with E-state index >= 15 is 0 Å². The van der Waals surface area contributed by atoms with Crippen LogP contribution in [0.3, 0.4) is 0 Å². The molecule has 2 N–H and O–H groups in total. The highest BCUT2D eigenvalue weighted by molar-refractivity contribution is 7.89. The van der Waals surface area contributed by atoms with Crippen LogP contribution < -0.4 is 5.32 Å². The first-order chi connectivity index (χ1) is 18.2. The van der Waals surface area contributed by atoms with Crippen LogP contribution in [0.1, 0.15) is 24.3 Å². The second kappa shape index (κ2) is 12.8. The molecule has 0 spiro atoms. The van der Waals surface area contributed by atoms with Crippen LogP contribution in [0, 0.1) is 5.92 Å². The number of carbonyl (C=O) groups excluding carboxylic acids is 1. The summed E-state index contributed by atoms with van der Waals surface area (Å²) in [4.78, 5) is 21.7. The molecule has 0 radical (unpaired) electrons. The van der Waals surface area contributed by atoms with Crippen molar-refractivity contribution in [1.29, 1.82) is 0 Å². The molecule has 0 aliphatic carbocycles. The number of sulfonamides is 1. The third-order valence-electron chi connectivity index (χ3n) is 5.80. The lowest BCUT2D eigenvalue weighted by Crippen LogP contribution is -2.51. The van der Waals surface area contributed by atoms with Gasteiger partial charge in [0.15, 0.2) is 0 Å². The van der Waals surface area contributed by atoms with E-state index < -0.39 is 28.3 Å². The lowest BCUT2D eigenvalue weighted by Gasteiger charge is -2.30. The van der Waals surface area contributed by atoms with Crippen LogP contribution in [0.25, 0.3) is 10.2 Å². The summed E-state index contributed by atoms with van der Waals surface area (Å²) in [6, 6.07) is 13.4. The highest BCUT2D eigenvalue weighted by atomic mass is 32.2. The van der Waals surface area contributed by atoms with E-state index in [9.17, 15) is 18.3 Å². The van der Waals surface area contributed by atoms with Crippen LogP contribution in [0.2, 0.25) is 0 Å². The second-order valence-electron chi connectivity index (χ2n) is 9.25. The van der Waals surface area contributed by atoms with Crippen molar-refractivity contribution in [3.63, 3.8) is 0 Å². The van der Waals surface area contributed by atoms with Gasteiger partial charge in [0.1, 0.15) is 6.61 Å². The van der Waals surface area contributed by atoms with Crippen molar-refractivity contribution in [2.75, 3.05) is 13.1 Å². The quantitative estimate of drug-likeness (QED) is 0.259. The minimum Gasteiger partial charge on any atom is -0.444 e. The summed E-state index contributed by atoms with van der Waals surface area (Å²) in [5.74, 6) is 0.00835. The van der Waals surface area contributed by atoms with Crippen LogP contribution >= 0.6 is 22.7 Å². The maximum Gasteiger partial charge on any atom is 0.407 e. The molecule has 0 bridgehead atoms. The number of aliphatic hydroxyl groups excluding tert-OH is 1. The van der Waals surface area contributed by atoms with Gasteiger partial charge in [0.2, 0.25) is 10.0 Å². The molecule has 2 aromatic heterocycles. The molecule has 38 heavy (non-hydrogen) atoms. The van der Waals surface area contributed by atoms with E-state index in [2.05, 4.69) is 15.3 Å². The van der Waals surface area contributed by atoms with Gasteiger partial charge in [0.25, 0.3) is 0 Å². The number of thiazole rings is 2. The minimum absolute atomic E-state index is 0.00835. The van der Waals surface area contributed by atoms with Gasteiger partial charge < -0.3 is 15.2 Å². The van der Waals surface area contributed by atoms with Gasteiger partial charge in [0, 0.05) is 19.3 Å². The molecule has 2 atom stereocenters. The smallest absolute Gasteiger partial charge is 0.407 e. The van der Waals surface area contributed by atoms with E-state index in [0.717, 1.165) is 20.7 Å². The van der Waals surface area contributed by atoms with Crippen LogP contribution in [-0.2, 0) is 27.8 Å². The first kappa shape index (κ1) is 28.1. The van der Waals surface area contributed by atoms with Crippen molar-refractivity contribution in [3.05, 3.63) is 76.2 Å². The molecule has 0 fully saturated rings. The summed E-state index contributed by atoms with van der Waals surface area (Å²) in [7, 11) is -3.93. The van der Waals surface area contributed by atoms with E-state index in [1.165, 1.54) is 33.0 Å². The molecule has 0 aliphatic heterocycles. The topological polar surface area (TPSA) is 122 Å². The van der Waals surface area contributed by atoms with Gasteiger partial charge in [-0.2, -0.15) is 4.31 Å². The number of benzene rings is 2. The van der Waals surface area contributed by atoms with Crippen molar-refractivity contribution >= 4 is 49.0 Å². The number of hydrogen-bond donors (Lipinski definition) is 2.